The summed E-state index contributed by atoms with van der Waals surface area (Å²) < 4.78 is 7.32. The van der Waals surface area contributed by atoms with Crippen molar-refractivity contribution in [2.45, 2.75) is 6.54 Å². The lowest BCUT2D eigenvalue weighted by molar-refractivity contribution is 0.0603. The second-order valence-electron chi connectivity index (χ2n) is 6.17. The largest absolute Gasteiger partial charge is 0.465 e. The van der Waals surface area contributed by atoms with Crippen LogP contribution < -0.4 is 0 Å². The quantitative estimate of drug-likeness (QED) is 0.481. The molecule has 0 N–H and O–H groups in total. The highest BCUT2D eigenvalue weighted by Crippen LogP contribution is 2.35. The molecule has 0 amide bonds. The van der Waals surface area contributed by atoms with E-state index in [9.17, 15) is 4.79 Å². The Bertz CT molecular complexity index is 1050. The second kappa shape index (κ2) is 6.89. The van der Waals surface area contributed by atoms with Gasteiger partial charge in [0, 0.05) is 17.4 Å². The molecular weight excluding hydrogens is 322 g/mol. The molecule has 0 aliphatic rings. The molecule has 4 rings (SSSR count). The number of ether oxygens (including phenoxy) is 1. The van der Waals surface area contributed by atoms with Gasteiger partial charge in [-0.15, -0.1) is 0 Å². The Morgan fingerprint density at radius 1 is 0.846 bits per heavy atom. The molecule has 1 aromatic heterocycles. The van der Waals surface area contributed by atoms with Crippen LogP contribution in [0.3, 0.4) is 0 Å². The van der Waals surface area contributed by atoms with Crippen molar-refractivity contribution in [1.29, 1.82) is 0 Å². The third-order valence-corrected chi connectivity index (χ3v) is 4.59. The fourth-order valence-corrected chi connectivity index (χ4v) is 3.44. The summed E-state index contributed by atoms with van der Waals surface area (Å²) in [5, 5.41) is 0.911. The first kappa shape index (κ1) is 16.2. The number of benzene rings is 3. The lowest BCUT2D eigenvalue weighted by atomic mass is 10.1. The summed E-state index contributed by atoms with van der Waals surface area (Å²) >= 11 is 0. The Morgan fingerprint density at radius 2 is 1.46 bits per heavy atom. The van der Waals surface area contributed by atoms with Gasteiger partial charge in [0.15, 0.2) is 0 Å². The second-order valence-corrected chi connectivity index (χ2v) is 6.17. The first-order chi connectivity index (χ1) is 12.8. The van der Waals surface area contributed by atoms with E-state index in [0.29, 0.717) is 12.1 Å². The van der Waals surface area contributed by atoms with Crippen LogP contribution in [0, 0.1) is 0 Å². The van der Waals surface area contributed by atoms with Crippen molar-refractivity contribution < 1.29 is 9.53 Å². The number of hydrogen-bond donors (Lipinski definition) is 0. The summed E-state index contributed by atoms with van der Waals surface area (Å²) in [6.45, 7) is 0.683. The maximum Gasteiger partial charge on any atom is 0.340 e. The van der Waals surface area contributed by atoms with Crippen molar-refractivity contribution in [2.24, 2.45) is 0 Å². The van der Waals surface area contributed by atoms with Gasteiger partial charge in [-0.2, -0.15) is 0 Å². The minimum atomic E-state index is -0.313. The van der Waals surface area contributed by atoms with Gasteiger partial charge < -0.3 is 9.30 Å². The SMILES string of the molecule is COC(=O)c1c(-c2ccccc2)n(Cc2ccccc2)c2ccccc12. The predicted molar refractivity (Wildman–Crippen MR) is 104 cm³/mol. The molecular formula is C23H19NO2. The Morgan fingerprint density at radius 3 is 2.15 bits per heavy atom. The maximum absolute atomic E-state index is 12.7. The van der Waals surface area contributed by atoms with E-state index in [1.165, 1.54) is 12.7 Å². The Hall–Kier alpha value is -3.33. The number of aromatic nitrogens is 1. The number of carbonyl (C=O) groups excluding carboxylic acids is 1. The van der Waals surface area contributed by atoms with E-state index in [1.54, 1.807) is 0 Å². The monoisotopic (exact) mass is 341 g/mol. The molecule has 0 spiro atoms. The summed E-state index contributed by atoms with van der Waals surface area (Å²) in [6, 6.07) is 28.3. The smallest absolute Gasteiger partial charge is 0.340 e. The highest BCUT2D eigenvalue weighted by atomic mass is 16.5. The van der Waals surface area contributed by atoms with Crippen LogP contribution in [0.15, 0.2) is 84.9 Å². The molecule has 0 aliphatic heterocycles. The number of nitrogens with zero attached hydrogens (tertiary/aromatic N) is 1. The average Bonchev–Trinajstić information content (AvgIpc) is 3.03. The normalized spacial score (nSPS) is 10.8. The summed E-state index contributed by atoms with van der Waals surface area (Å²) in [5.74, 6) is -0.313. The van der Waals surface area contributed by atoms with Gasteiger partial charge in [-0.3, -0.25) is 0 Å². The molecule has 0 bridgehead atoms. The molecule has 3 aromatic carbocycles. The van der Waals surface area contributed by atoms with E-state index >= 15 is 0 Å². The fraction of sp³-hybridized carbons (Fsp3) is 0.0870. The van der Waals surface area contributed by atoms with Gasteiger partial charge >= 0.3 is 5.97 Å². The molecule has 0 saturated carbocycles. The fourth-order valence-electron chi connectivity index (χ4n) is 3.44. The molecule has 3 nitrogen and oxygen atoms in total. The molecule has 0 aliphatic carbocycles. The van der Waals surface area contributed by atoms with E-state index in [2.05, 4.69) is 22.8 Å². The van der Waals surface area contributed by atoms with E-state index in [1.807, 2.05) is 66.7 Å². The van der Waals surface area contributed by atoms with Crippen molar-refractivity contribution >= 4 is 16.9 Å². The van der Waals surface area contributed by atoms with Gasteiger partial charge in [-0.25, -0.2) is 4.79 Å². The minimum absolute atomic E-state index is 0.313. The lowest BCUT2D eigenvalue weighted by Crippen LogP contribution is -2.06. The van der Waals surface area contributed by atoms with Crippen LogP contribution in [0.1, 0.15) is 15.9 Å². The predicted octanol–water partition coefficient (Wildman–Crippen LogP) is 5.14. The van der Waals surface area contributed by atoms with Crippen LogP contribution in [-0.2, 0) is 11.3 Å². The van der Waals surface area contributed by atoms with Crippen LogP contribution in [0.4, 0.5) is 0 Å². The minimum Gasteiger partial charge on any atom is -0.465 e. The van der Waals surface area contributed by atoms with Gasteiger partial charge in [-0.1, -0.05) is 78.9 Å². The molecule has 26 heavy (non-hydrogen) atoms. The maximum atomic E-state index is 12.7. The van der Waals surface area contributed by atoms with Crippen molar-refractivity contribution in [1.82, 2.24) is 4.57 Å². The first-order valence-electron chi connectivity index (χ1n) is 8.58. The van der Waals surface area contributed by atoms with Crippen molar-refractivity contribution in [2.75, 3.05) is 7.11 Å². The van der Waals surface area contributed by atoms with Crippen LogP contribution >= 0.6 is 0 Å². The average molecular weight is 341 g/mol. The number of fused-ring (bicyclic) bond motifs is 1. The summed E-state index contributed by atoms with van der Waals surface area (Å²) in [6.07, 6.45) is 0. The lowest BCUT2D eigenvalue weighted by Gasteiger charge is -2.12. The third kappa shape index (κ3) is 2.78. The van der Waals surface area contributed by atoms with Gasteiger partial charge in [0.25, 0.3) is 0 Å². The molecule has 128 valence electrons. The number of esters is 1. The zero-order valence-electron chi connectivity index (χ0n) is 14.6. The van der Waals surface area contributed by atoms with Crippen LogP contribution in [0.25, 0.3) is 22.2 Å². The van der Waals surface area contributed by atoms with Crippen LogP contribution in [0.2, 0.25) is 0 Å². The number of rotatable bonds is 4. The molecule has 4 aromatic rings. The van der Waals surface area contributed by atoms with E-state index in [0.717, 1.165) is 22.2 Å². The van der Waals surface area contributed by atoms with Gasteiger partial charge in [-0.05, 0) is 17.2 Å². The number of methoxy groups -OCH3 is 1. The van der Waals surface area contributed by atoms with E-state index in [-0.39, 0.29) is 5.97 Å². The number of hydrogen-bond acceptors (Lipinski definition) is 2. The highest BCUT2D eigenvalue weighted by Gasteiger charge is 2.24. The van der Waals surface area contributed by atoms with E-state index in [4.69, 9.17) is 4.74 Å². The Labute approximate surface area is 152 Å². The number of para-hydroxylation sites is 1. The van der Waals surface area contributed by atoms with Crippen molar-refractivity contribution in [3.05, 3.63) is 96.1 Å². The standard InChI is InChI=1S/C23H19NO2/c1-26-23(25)21-19-14-8-9-15-20(19)24(16-17-10-4-2-5-11-17)22(21)18-12-6-3-7-13-18/h2-15H,16H2,1H3. The van der Waals surface area contributed by atoms with Gasteiger partial charge in [0.1, 0.15) is 0 Å². The summed E-state index contributed by atoms with van der Waals surface area (Å²) in [5.41, 5.74) is 4.71. The van der Waals surface area contributed by atoms with Crippen molar-refractivity contribution in [3.8, 4) is 11.3 Å². The Balaban J connectivity index is 2.04. The topological polar surface area (TPSA) is 31.2 Å². The zero-order chi connectivity index (χ0) is 17.9. The molecule has 0 fully saturated rings. The van der Waals surface area contributed by atoms with Gasteiger partial charge in [0.2, 0.25) is 0 Å². The molecule has 1 heterocycles. The first-order valence-corrected chi connectivity index (χ1v) is 8.58. The highest BCUT2D eigenvalue weighted by molar-refractivity contribution is 6.10. The van der Waals surface area contributed by atoms with Crippen LogP contribution in [-0.4, -0.2) is 17.6 Å². The zero-order valence-corrected chi connectivity index (χ0v) is 14.6. The molecule has 0 atom stereocenters. The van der Waals surface area contributed by atoms with Crippen LogP contribution in [0.5, 0.6) is 0 Å². The molecule has 3 heteroatoms. The third-order valence-electron chi connectivity index (χ3n) is 4.59. The molecule has 0 saturated heterocycles. The van der Waals surface area contributed by atoms with Crippen molar-refractivity contribution in [3.63, 3.8) is 0 Å². The molecule has 0 unspecified atom stereocenters. The molecule has 0 radical (unpaired) electrons. The summed E-state index contributed by atoms with van der Waals surface area (Å²) in [7, 11) is 1.43. The Kier molecular flexibility index (Phi) is 4.28. The van der Waals surface area contributed by atoms with E-state index < -0.39 is 0 Å². The number of carbonyl (C=O) groups is 1. The summed E-state index contributed by atoms with van der Waals surface area (Å²) in [4.78, 5) is 12.7. The van der Waals surface area contributed by atoms with Gasteiger partial charge in [0.05, 0.1) is 18.4 Å².